The molecule has 0 aromatic heterocycles. The molecule has 0 unspecified atom stereocenters. The number of anilines is 1. The average molecular weight is 939 g/mol. The molecule has 0 atom stereocenters. The molecule has 2 saturated heterocycles. The summed E-state index contributed by atoms with van der Waals surface area (Å²) in [7, 11) is 0. The zero-order valence-electron chi connectivity index (χ0n) is 35.8. The van der Waals surface area contributed by atoms with Crippen LogP contribution in [-0.4, -0.2) is 147 Å². The molecule has 3 aliphatic rings. The van der Waals surface area contributed by atoms with Crippen molar-refractivity contribution in [3.63, 3.8) is 0 Å². The number of hydrogen-bond donors (Lipinski definition) is 4. The molecule has 0 saturated carbocycles. The maximum atomic E-state index is 13.8. The van der Waals surface area contributed by atoms with E-state index in [4.69, 9.17) is 55.1 Å². The average Bonchev–Trinajstić information content (AvgIpc) is 3.78. The number of fused-ring (bicyclic) bond motifs is 2. The molecule has 0 aliphatic carbocycles. The number of ether oxygens (including phenoxy) is 7. The van der Waals surface area contributed by atoms with Gasteiger partial charge < -0.3 is 63.7 Å². The zero-order chi connectivity index (χ0) is 46.8. The van der Waals surface area contributed by atoms with E-state index >= 15 is 0 Å². The molecule has 0 radical (unpaired) electrons. The Balaban J connectivity index is 0.833. The van der Waals surface area contributed by atoms with Crippen molar-refractivity contribution in [1.82, 2.24) is 15.4 Å². The first-order valence-corrected chi connectivity index (χ1v) is 21.5. The van der Waals surface area contributed by atoms with Gasteiger partial charge in [0, 0.05) is 67.1 Å². The summed E-state index contributed by atoms with van der Waals surface area (Å²) in [5.74, 6) is -4.18. The number of phenolic OH excluding ortho intramolecular Hbond substituents is 2. The highest BCUT2D eigenvalue weighted by Gasteiger charge is 2.37. The third-order valence-electron chi connectivity index (χ3n) is 9.90. The molecule has 0 bridgehead atoms. The number of phenols is 2. The van der Waals surface area contributed by atoms with E-state index in [1.165, 1.54) is 30.3 Å². The van der Waals surface area contributed by atoms with Gasteiger partial charge in [-0.1, -0.05) is 18.2 Å². The topological polar surface area (TPSA) is 256 Å². The van der Waals surface area contributed by atoms with Crippen LogP contribution in [0.5, 0.6) is 23.0 Å². The predicted molar refractivity (Wildman–Crippen MR) is 231 cm³/mol. The van der Waals surface area contributed by atoms with Gasteiger partial charge in [0.25, 0.3) is 23.6 Å². The number of carbonyl (C=O) groups excluding carboxylic acids is 6. The first-order chi connectivity index (χ1) is 32.0. The SMILES string of the molecule is O=C(CCOCCOCCOCCOCCOCCOCCNC(=S)Nc1ccc(C2c3ccc(O)cc3Oc3cc(O)ccc32)c(C(=O)ON2C(=O)CCC2=O)c1)ON1C(=O)CCC1=O. The van der Waals surface area contributed by atoms with Crippen molar-refractivity contribution in [2.45, 2.75) is 38.0 Å². The van der Waals surface area contributed by atoms with Crippen molar-refractivity contribution in [3.8, 4) is 23.0 Å². The Bertz CT molecular complexity index is 2160. The molecule has 3 aromatic rings. The third kappa shape index (κ3) is 14.1. The van der Waals surface area contributed by atoms with Gasteiger partial charge in [0.15, 0.2) is 5.11 Å². The number of hydroxylamine groups is 4. The van der Waals surface area contributed by atoms with Crippen LogP contribution in [0.25, 0.3) is 0 Å². The first-order valence-electron chi connectivity index (χ1n) is 21.1. The van der Waals surface area contributed by atoms with E-state index in [0.29, 0.717) is 117 Å². The number of benzene rings is 3. The van der Waals surface area contributed by atoms with Gasteiger partial charge in [0.2, 0.25) is 0 Å². The second kappa shape index (κ2) is 24.9. The first kappa shape index (κ1) is 49.2. The van der Waals surface area contributed by atoms with E-state index in [1.54, 1.807) is 24.3 Å². The van der Waals surface area contributed by atoms with Crippen LogP contribution in [0.1, 0.15) is 65.1 Å². The summed E-state index contributed by atoms with van der Waals surface area (Å²) in [6.45, 7) is 4.13. The molecule has 6 rings (SSSR count). The van der Waals surface area contributed by atoms with Crippen LogP contribution in [0.4, 0.5) is 5.69 Å². The van der Waals surface area contributed by atoms with E-state index in [1.807, 2.05) is 0 Å². The Morgan fingerprint density at radius 1 is 0.591 bits per heavy atom. The second-order valence-corrected chi connectivity index (χ2v) is 15.0. The van der Waals surface area contributed by atoms with Crippen LogP contribution in [0.3, 0.4) is 0 Å². The highest BCUT2D eigenvalue weighted by Crippen LogP contribution is 2.50. The quantitative estimate of drug-likeness (QED) is 0.0401. The summed E-state index contributed by atoms with van der Waals surface area (Å²) in [6.07, 6.45) is -0.194. The van der Waals surface area contributed by atoms with Crippen molar-refractivity contribution in [2.75, 3.05) is 91.1 Å². The lowest BCUT2D eigenvalue weighted by Gasteiger charge is -2.30. The number of carbonyl (C=O) groups is 6. The summed E-state index contributed by atoms with van der Waals surface area (Å²) < 4.78 is 38.8. The monoisotopic (exact) mass is 938 g/mol. The van der Waals surface area contributed by atoms with Gasteiger partial charge in [-0.3, -0.25) is 19.2 Å². The zero-order valence-corrected chi connectivity index (χ0v) is 36.6. The van der Waals surface area contributed by atoms with Crippen molar-refractivity contribution >= 4 is 58.6 Å². The van der Waals surface area contributed by atoms with Gasteiger partial charge in [0.05, 0.1) is 91.3 Å². The van der Waals surface area contributed by atoms with E-state index in [-0.39, 0.29) is 67.5 Å². The molecule has 4 amide bonds. The molecular formula is C44H50N4O17S. The number of nitrogens with one attached hydrogen (secondary N) is 2. The van der Waals surface area contributed by atoms with E-state index in [0.717, 1.165) is 0 Å². The molecule has 66 heavy (non-hydrogen) atoms. The molecule has 21 nitrogen and oxygen atoms in total. The molecular weight excluding hydrogens is 889 g/mol. The molecule has 3 aromatic carbocycles. The number of imide groups is 2. The standard InChI is InChI=1S/C44H50N4O17S/c49-29-2-5-32-35(26-29)63-36-27-30(50)3-6-33(36)42(32)31-4-1-28(25-34(31)43(56)65-48-39(53)9-10-40(48)54)46-44(66)45-12-14-58-16-18-60-20-22-62-24-23-61-21-19-59-17-15-57-13-11-41(55)64-47-37(51)7-8-38(47)52/h1-6,25-27,42,49-50H,7-24H2,(H2,45,46,66). The van der Waals surface area contributed by atoms with Crippen molar-refractivity contribution in [2.24, 2.45) is 0 Å². The number of hydrogen-bond acceptors (Lipinski definition) is 18. The lowest BCUT2D eigenvalue weighted by Crippen LogP contribution is -2.33. The lowest BCUT2D eigenvalue weighted by molar-refractivity contribution is -0.198. The molecule has 3 aliphatic heterocycles. The van der Waals surface area contributed by atoms with E-state index in [9.17, 15) is 39.0 Å². The largest absolute Gasteiger partial charge is 0.508 e. The molecule has 22 heteroatoms. The van der Waals surface area contributed by atoms with Gasteiger partial charge in [0.1, 0.15) is 23.0 Å². The summed E-state index contributed by atoms with van der Waals surface area (Å²) >= 11 is 5.49. The Morgan fingerprint density at radius 2 is 1.03 bits per heavy atom. The minimum Gasteiger partial charge on any atom is -0.508 e. The van der Waals surface area contributed by atoms with Gasteiger partial charge in [-0.2, -0.15) is 0 Å². The van der Waals surface area contributed by atoms with Crippen molar-refractivity contribution in [1.29, 1.82) is 0 Å². The predicted octanol–water partition coefficient (Wildman–Crippen LogP) is 2.99. The highest BCUT2D eigenvalue weighted by atomic mass is 32.1. The van der Waals surface area contributed by atoms with Crippen molar-refractivity contribution in [3.05, 3.63) is 76.9 Å². The van der Waals surface area contributed by atoms with Gasteiger partial charge in [-0.05, 0) is 42.0 Å². The maximum absolute atomic E-state index is 13.8. The number of nitrogens with zero attached hydrogens (tertiary/aromatic N) is 2. The minimum atomic E-state index is -0.962. The number of amides is 4. The Hall–Kier alpha value is -6.27. The van der Waals surface area contributed by atoms with Gasteiger partial charge >= 0.3 is 11.9 Å². The summed E-state index contributed by atoms with van der Waals surface area (Å²) in [5, 5.41) is 27.7. The Kier molecular flexibility index (Phi) is 18.5. The number of thiocarbonyl (C=S) groups is 1. The number of aromatic hydroxyl groups is 2. The Labute approximate surface area is 383 Å². The fourth-order valence-corrected chi connectivity index (χ4v) is 6.97. The summed E-state index contributed by atoms with van der Waals surface area (Å²) in [5.41, 5.74) is 2.05. The third-order valence-corrected chi connectivity index (χ3v) is 10.1. The van der Waals surface area contributed by atoms with Crippen molar-refractivity contribution < 1.29 is 81.8 Å². The molecule has 0 spiro atoms. The molecule has 3 heterocycles. The molecule has 354 valence electrons. The van der Waals surface area contributed by atoms with Crippen LogP contribution in [0.15, 0.2) is 54.6 Å². The van der Waals surface area contributed by atoms with Crippen LogP contribution in [-0.2, 0) is 62.1 Å². The highest BCUT2D eigenvalue weighted by molar-refractivity contribution is 7.80. The summed E-state index contributed by atoms with van der Waals surface area (Å²) in [6, 6.07) is 14.0. The van der Waals surface area contributed by atoms with Gasteiger partial charge in [-0.25, -0.2) is 9.59 Å². The fourth-order valence-electron chi connectivity index (χ4n) is 6.75. The normalized spacial score (nSPS) is 14.5. The fraction of sp³-hybridized carbons (Fsp3) is 0.432. The summed E-state index contributed by atoms with van der Waals surface area (Å²) in [4.78, 5) is 83.3. The van der Waals surface area contributed by atoms with Gasteiger partial charge in [-0.15, -0.1) is 10.1 Å². The van der Waals surface area contributed by atoms with Crippen LogP contribution < -0.4 is 15.4 Å². The van der Waals surface area contributed by atoms with E-state index in [2.05, 4.69) is 10.6 Å². The van der Waals surface area contributed by atoms with Crippen LogP contribution in [0.2, 0.25) is 0 Å². The maximum Gasteiger partial charge on any atom is 0.364 e. The molecule has 4 N–H and O–H groups in total. The second-order valence-electron chi connectivity index (χ2n) is 14.6. The van der Waals surface area contributed by atoms with Crippen LogP contribution in [0, 0.1) is 0 Å². The minimum absolute atomic E-state index is 0.0149. The smallest absolute Gasteiger partial charge is 0.364 e. The van der Waals surface area contributed by atoms with E-state index < -0.39 is 41.5 Å². The lowest BCUT2D eigenvalue weighted by atomic mass is 9.80. The molecule has 2 fully saturated rings. The number of rotatable bonds is 26. The van der Waals surface area contributed by atoms with Crippen LogP contribution >= 0.6 is 12.2 Å². The Morgan fingerprint density at radius 3 is 1.53 bits per heavy atom.